The lowest BCUT2D eigenvalue weighted by atomic mass is 10.2. The van der Waals surface area contributed by atoms with Crippen LogP contribution in [0.25, 0.3) is 10.9 Å². The number of nitriles is 1. The van der Waals surface area contributed by atoms with Crippen LogP contribution >= 0.6 is 15.9 Å². The van der Waals surface area contributed by atoms with Gasteiger partial charge in [0.2, 0.25) is 0 Å². The first-order valence-corrected chi connectivity index (χ1v) is 4.53. The summed E-state index contributed by atoms with van der Waals surface area (Å²) < 4.78 is 2.64. The van der Waals surface area contributed by atoms with E-state index in [1.165, 1.54) is 0 Å². The predicted molar refractivity (Wildman–Crippen MR) is 53.1 cm³/mol. The topological polar surface area (TPSA) is 41.6 Å². The van der Waals surface area contributed by atoms with Crippen LogP contribution in [0.2, 0.25) is 0 Å². The number of hydrogen-bond acceptors (Lipinski definition) is 2. The Hall–Kier alpha value is -1.34. The van der Waals surface area contributed by atoms with Crippen molar-refractivity contribution in [3.63, 3.8) is 0 Å². The van der Waals surface area contributed by atoms with E-state index in [1.54, 1.807) is 16.8 Å². The number of aryl methyl sites for hydroxylation is 1. The Morgan fingerprint density at radius 2 is 2.31 bits per heavy atom. The third-order valence-electron chi connectivity index (χ3n) is 1.82. The highest BCUT2D eigenvalue weighted by molar-refractivity contribution is 9.10. The Kier molecular flexibility index (Phi) is 1.82. The summed E-state index contributed by atoms with van der Waals surface area (Å²) in [4.78, 5) is 0. The third-order valence-corrected chi connectivity index (χ3v) is 2.47. The van der Waals surface area contributed by atoms with Gasteiger partial charge in [-0.05, 0) is 28.1 Å². The van der Waals surface area contributed by atoms with Crippen molar-refractivity contribution in [1.82, 2.24) is 9.78 Å². The number of benzene rings is 1. The van der Waals surface area contributed by atoms with E-state index in [4.69, 9.17) is 5.26 Å². The molecule has 0 aliphatic carbocycles. The fourth-order valence-electron chi connectivity index (χ4n) is 1.26. The number of halogens is 1. The largest absolute Gasteiger partial charge is 0.275 e. The van der Waals surface area contributed by atoms with Crippen molar-refractivity contribution in [2.24, 2.45) is 7.05 Å². The summed E-state index contributed by atoms with van der Waals surface area (Å²) in [6, 6.07) is 5.66. The maximum atomic E-state index is 8.72. The van der Waals surface area contributed by atoms with Crippen molar-refractivity contribution in [2.45, 2.75) is 0 Å². The van der Waals surface area contributed by atoms with E-state index in [2.05, 4.69) is 27.1 Å². The molecule has 0 unspecified atom stereocenters. The monoisotopic (exact) mass is 235 g/mol. The van der Waals surface area contributed by atoms with Crippen LogP contribution in [0.4, 0.5) is 0 Å². The van der Waals surface area contributed by atoms with E-state index >= 15 is 0 Å². The second-order valence-corrected chi connectivity index (χ2v) is 3.66. The van der Waals surface area contributed by atoms with Crippen LogP contribution in [0, 0.1) is 11.3 Å². The SMILES string of the molecule is Cn1cc2c(Br)cc(C#N)cc2n1. The number of hydrogen-bond donors (Lipinski definition) is 0. The Labute approximate surface area is 83.7 Å². The van der Waals surface area contributed by atoms with Gasteiger partial charge < -0.3 is 0 Å². The molecule has 1 aromatic heterocycles. The third kappa shape index (κ3) is 1.31. The Bertz CT molecular complexity index is 507. The molecular formula is C9H6BrN3. The molecule has 0 radical (unpaired) electrons. The summed E-state index contributed by atoms with van der Waals surface area (Å²) in [5.41, 5.74) is 1.46. The van der Waals surface area contributed by atoms with Gasteiger partial charge in [0.1, 0.15) is 0 Å². The molecule has 0 saturated carbocycles. The van der Waals surface area contributed by atoms with Gasteiger partial charge in [0, 0.05) is 23.1 Å². The van der Waals surface area contributed by atoms with E-state index in [0.717, 1.165) is 15.4 Å². The van der Waals surface area contributed by atoms with Gasteiger partial charge in [-0.3, -0.25) is 4.68 Å². The maximum Gasteiger partial charge on any atom is 0.0992 e. The van der Waals surface area contributed by atoms with Crippen molar-refractivity contribution in [1.29, 1.82) is 5.26 Å². The molecule has 3 nitrogen and oxygen atoms in total. The molecule has 0 atom stereocenters. The summed E-state index contributed by atoms with van der Waals surface area (Å²) in [6.07, 6.45) is 1.92. The van der Waals surface area contributed by atoms with Gasteiger partial charge in [0.05, 0.1) is 17.1 Å². The fourth-order valence-corrected chi connectivity index (χ4v) is 1.82. The summed E-state index contributed by atoms with van der Waals surface area (Å²) in [6.45, 7) is 0. The second-order valence-electron chi connectivity index (χ2n) is 2.81. The molecule has 1 aromatic carbocycles. The van der Waals surface area contributed by atoms with Crippen LogP contribution < -0.4 is 0 Å². The lowest BCUT2D eigenvalue weighted by Crippen LogP contribution is -1.84. The van der Waals surface area contributed by atoms with Gasteiger partial charge >= 0.3 is 0 Å². The average molecular weight is 236 g/mol. The average Bonchev–Trinajstić information content (AvgIpc) is 2.46. The van der Waals surface area contributed by atoms with Gasteiger partial charge in [-0.1, -0.05) is 0 Å². The van der Waals surface area contributed by atoms with Gasteiger partial charge in [-0.15, -0.1) is 0 Å². The molecular weight excluding hydrogens is 230 g/mol. The Balaban J connectivity index is 2.85. The molecule has 1 heterocycles. The van der Waals surface area contributed by atoms with Crippen LogP contribution in [0.1, 0.15) is 5.56 Å². The minimum atomic E-state index is 0.623. The molecule has 0 saturated heterocycles. The smallest absolute Gasteiger partial charge is 0.0992 e. The highest BCUT2D eigenvalue weighted by atomic mass is 79.9. The predicted octanol–water partition coefficient (Wildman–Crippen LogP) is 2.21. The van der Waals surface area contributed by atoms with Crippen molar-refractivity contribution in [3.8, 4) is 6.07 Å². The molecule has 0 aliphatic heterocycles. The van der Waals surface area contributed by atoms with E-state index < -0.39 is 0 Å². The maximum absolute atomic E-state index is 8.72. The molecule has 0 fully saturated rings. The highest BCUT2D eigenvalue weighted by Crippen LogP contribution is 2.24. The van der Waals surface area contributed by atoms with Crippen molar-refractivity contribution < 1.29 is 0 Å². The van der Waals surface area contributed by atoms with Gasteiger partial charge in [0.25, 0.3) is 0 Å². The first-order valence-electron chi connectivity index (χ1n) is 3.73. The van der Waals surface area contributed by atoms with Crippen LogP contribution in [0.3, 0.4) is 0 Å². The summed E-state index contributed by atoms with van der Waals surface area (Å²) >= 11 is 3.40. The first-order chi connectivity index (χ1) is 6.20. The van der Waals surface area contributed by atoms with Gasteiger partial charge in [-0.2, -0.15) is 10.4 Å². The zero-order chi connectivity index (χ0) is 9.42. The molecule has 64 valence electrons. The highest BCUT2D eigenvalue weighted by Gasteiger charge is 2.04. The molecule has 0 N–H and O–H groups in total. The van der Waals surface area contributed by atoms with E-state index in [0.29, 0.717) is 5.56 Å². The minimum Gasteiger partial charge on any atom is -0.275 e. The molecule has 0 aliphatic rings. The molecule has 0 bridgehead atoms. The molecule has 0 spiro atoms. The zero-order valence-corrected chi connectivity index (χ0v) is 8.54. The normalized spacial score (nSPS) is 10.2. The van der Waals surface area contributed by atoms with Gasteiger partial charge in [-0.25, -0.2) is 0 Å². The lowest BCUT2D eigenvalue weighted by Gasteiger charge is -1.92. The van der Waals surface area contributed by atoms with E-state index in [9.17, 15) is 0 Å². The Morgan fingerprint density at radius 1 is 1.54 bits per heavy atom. The second kappa shape index (κ2) is 2.86. The minimum absolute atomic E-state index is 0.623. The molecule has 2 aromatic rings. The van der Waals surface area contributed by atoms with E-state index in [1.807, 2.05) is 13.2 Å². The summed E-state index contributed by atoms with van der Waals surface area (Å²) in [5, 5.41) is 14.0. The molecule has 13 heavy (non-hydrogen) atoms. The Morgan fingerprint density at radius 3 is 3.00 bits per heavy atom. The molecule has 2 rings (SSSR count). The standard InChI is InChI=1S/C9H6BrN3/c1-13-5-7-8(10)2-6(4-11)3-9(7)12-13/h2-3,5H,1H3. The zero-order valence-electron chi connectivity index (χ0n) is 6.95. The van der Waals surface area contributed by atoms with Crippen LogP contribution in [-0.4, -0.2) is 9.78 Å². The van der Waals surface area contributed by atoms with E-state index in [-0.39, 0.29) is 0 Å². The van der Waals surface area contributed by atoms with Crippen molar-refractivity contribution in [2.75, 3.05) is 0 Å². The van der Waals surface area contributed by atoms with Crippen LogP contribution in [0.5, 0.6) is 0 Å². The summed E-state index contributed by atoms with van der Waals surface area (Å²) in [5.74, 6) is 0. The number of aromatic nitrogens is 2. The molecule has 0 amide bonds. The van der Waals surface area contributed by atoms with Crippen molar-refractivity contribution >= 4 is 26.8 Å². The molecule has 4 heteroatoms. The fraction of sp³-hybridized carbons (Fsp3) is 0.111. The number of fused-ring (bicyclic) bond motifs is 1. The van der Waals surface area contributed by atoms with Crippen LogP contribution in [-0.2, 0) is 7.05 Å². The summed E-state index contributed by atoms with van der Waals surface area (Å²) in [7, 11) is 1.86. The quantitative estimate of drug-likeness (QED) is 0.703. The first kappa shape index (κ1) is 8.27. The van der Waals surface area contributed by atoms with Gasteiger partial charge in [0.15, 0.2) is 0 Å². The number of nitrogens with zero attached hydrogens (tertiary/aromatic N) is 3. The lowest BCUT2D eigenvalue weighted by molar-refractivity contribution is 0.779. The van der Waals surface area contributed by atoms with Crippen LogP contribution in [0.15, 0.2) is 22.8 Å². The van der Waals surface area contributed by atoms with Crippen molar-refractivity contribution in [3.05, 3.63) is 28.4 Å². The number of rotatable bonds is 0.